The number of allylic oxidation sites excluding steroid dienone is 1. The standard InChI is InChI=1S/C14H13N5O3/c1-10-9-13(20)17-14(16-10)18-15-8-4-6-11-5-2-3-7-12(11)19(21)22/h2-9H,1H3,(H2,16,17,18,20)/b6-4+,15-8+. The van der Waals surface area contributed by atoms with Gasteiger partial charge in [0.15, 0.2) is 0 Å². The number of nitrogens with one attached hydrogen (secondary N) is 2. The third kappa shape index (κ3) is 4.10. The molecule has 0 saturated carbocycles. The van der Waals surface area contributed by atoms with Crippen molar-refractivity contribution in [2.75, 3.05) is 5.43 Å². The molecule has 0 bridgehead atoms. The summed E-state index contributed by atoms with van der Waals surface area (Å²) < 4.78 is 0. The number of anilines is 1. The van der Waals surface area contributed by atoms with Gasteiger partial charge in [-0.2, -0.15) is 5.10 Å². The number of hydrazone groups is 1. The van der Waals surface area contributed by atoms with Crippen LogP contribution in [0.25, 0.3) is 6.08 Å². The first kappa shape index (κ1) is 15.1. The molecule has 0 aliphatic heterocycles. The van der Waals surface area contributed by atoms with Crippen molar-refractivity contribution in [2.45, 2.75) is 6.92 Å². The normalized spacial score (nSPS) is 11.1. The van der Waals surface area contributed by atoms with Crippen molar-refractivity contribution in [1.29, 1.82) is 0 Å². The topological polar surface area (TPSA) is 113 Å². The number of hydrogen-bond acceptors (Lipinski definition) is 6. The molecule has 0 spiro atoms. The van der Waals surface area contributed by atoms with Crippen LogP contribution < -0.4 is 11.0 Å². The Labute approximate surface area is 125 Å². The van der Waals surface area contributed by atoms with Crippen molar-refractivity contribution >= 4 is 23.9 Å². The molecule has 0 radical (unpaired) electrons. The Morgan fingerprint density at radius 1 is 1.41 bits per heavy atom. The van der Waals surface area contributed by atoms with Crippen LogP contribution in [-0.4, -0.2) is 21.1 Å². The zero-order valence-corrected chi connectivity index (χ0v) is 11.7. The zero-order chi connectivity index (χ0) is 15.9. The molecule has 8 nitrogen and oxygen atoms in total. The van der Waals surface area contributed by atoms with Gasteiger partial charge in [0.25, 0.3) is 11.2 Å². The van der Waals surface area contributed by atoms with Crippen molar-refractivity contribution in [3.63, 3.8) is 0 Å². The smallest absolute Gasteiger partial charge is 0.276 e. The minimum Gasteiger partial charge on any atom is -0.291 e. The Bertz CT molecular complexity index is 795. The van der Waals surface area contributed by atoms with Gasteiger partial charge in [-0.1, -0.05) is 12.1 Å². The molecule has 0 aliphatic carbocycles. The lowest BCUT2D eigenvalue weighted by molar-refractivity contribution is -0.385. The second-order valence-electron chi connectivity index (χ2n) is 4.30. The number of aryl methyl sites for hydroxylation is 1. The molecule has 0 saturated heterocycles. The van der Waals surface area contributed by atoms with E-state index >= 15 is 0 Å². The summed E-state index contributed by atoms with van der Waals surface area (Å²) in [5.74, 6) is 0.223. The van der Waals surface area contributed by atoms with Crippen molar-refractivity contribution in [2.24, 2.45) is 5.10 Å². The van der Waals surface area contributed by atoms with E-state index in [-0.39, 0.29) is 17.2 Å². The van der Waals surface area contributed by atoms with Crippen molar-refractivity contribution in [3.05, 3.63) is 68.1 Å². The number of rotatable bonds is 5. The number of nitro groups is 1. The predicted molar refractivity (Wildman–Crippen MR) is 83.8 cm³/mol. The Morgan fingerprint density at radius 3 is 2.91 bits per heavy atom. The quantitative estimate of drug-likeness (QED) is 0.498. The monoisotopic (exact) mass is 299 g/mol. The maximum Gasteiger partial charge on any atom is 0.276 e. The highest BCUT2D eigenvalue weighted by Gasteiger charge is 2.08. The van der Waals surface area contributed by atoms with Gasteiger partial charge in [-0.25, -0.2) is 10.4 Å². The fraction of sp³-hybridized carbons (Fsp3) is 0.0714. The Hall–Kier alpha value is -3.29. The van der Waals surface area contributed by atoms with Crippen LogP contribution >= 0.6 is 0 Å². The largest absolute Gasteiger partial charge is 0.291 e. The first-order chi connectivity index (χ1) is 10.6. The number of aromatic amines is 1. The lowest BCUT2D eigenvalue weighted by atomic mass is 10.2. The van der Waals surface area contributed by atoms with Gasteiger partial charge in [0.2, 0.25) is 5.95 Å². The molecule has 1 aromatic carbocycles. The third-order valence-corrected chi connectivity index (χ3v) is 2.61. The fourth-order valence-corrected chi connectivity index (χ4v) is 1.71. The number of nitro benzene ring substituents is 1. The summed E-state index contributed by atoms with van der Waals surface area (Å²) in [7, 11) is 0. The molecule has 112 valence electrons. The van der Waals surface area contributed by atoms with Gasteiger partial charge in [0, 0.05) is 24.0 Å². The van der Waals surface area contributed by atoms with Crippen molar-refractivity contribution in [3.8, 4) is 0 Å². The summed E-state index contributed by atoms with van der Waals surface area (Å²) in [6.07, 6.45) is 4.51. The Balaban J connectivity index is 2.03. The second-order valence-corrected chi connectivity index (χ2v) is 4.30. The molecule has 22 heavy (non-hydrogen) atoms. The number of H-pyrrole nitrogens is 1. The van der Waals surface area contributed by atoms with Crippen LogP contribution in [0.4, 0.5) is 11.6 Å². The van der Waals surface area contributed by atoms with E-state index in [1.807, 2.05) is 0 Å². The van der Waals surface area contributed by atoms with Gasteiger partial charge in [-0.3, -0.25) is 19.9 Å². The fourth-order valence-electron chi connectivity index (χ4n) is 1.71. The van der Waals surface area contributed by atoms with E-state index < -0.39 is 4.92 Å². The van der Waals surface area contributed by atoms with Crippen LogP contribution in [0.15, 0.2) is 46.3 Å². The molecule has 0 unspecified atom stereocenters. The average Bonchev–Trinajstić information content (AvgIpc) is 2.46. The molecule has 1 heterocycles. The van der Waals surface area contributed by atoms with Crippen LogP contribution in [0.1, 0.15) is 11.3 Å². The van der Waals surface area contributed by atoms with E-state index in [0.717, 1.165) is 0 Å². The third-order valence-electron chi connectivity index (χ3n) is 2.61. The molecule has 8 heteroatoms. The molecular weight excluding hydrogens is 286 g/mol. The van der Waals surface area contributed by atoms with E-state index in [9.17, 15) is 14.9 Å². The molecule has 0 atom stereocenters. The summed E-state index contributed by atoms with van der Waals surface area (Å²) in [5.41, 5.74) is 3.35. The summed E-state index contributed by atoms with van der Waals surface area (Å²) in [4.78, 5) is 28.1. The molecule has 0 fully saturated rings. The number of para-hydroxylation sites is 1. The van der Waals surface area contributed by atoms with Crippen LogP contribution in [0.5, 0.6) is 0 Å². The van der Waals surface area contributed by atoms with Gasteiger partial charge in [-0.05, 0) is 25.1 Å². The SMILES string of the molecule is Cc1cc(=O)[nH]c(N/N=C/C=C/c2ccccc2[N+](=O)[O-])n1. The van der Waals surface area contributed by atoms with Crippen LogP contribution in [0.2, 0.25) is 0 Å². The zero-order valence-electron chi connectivity index (χ0n) is 11.7. The van der Waals surface area contributed by atoms with Crippen LogP contribution in [-0.2, 0) is 0 Å². The molecule has 0 aliphatic rings. The maximum atomic E-state index is 11.2. The molecule has 2 aromatic rings. The number of benzene rings is 1. The van der Waals surface area contributed by atoms with Crippen molar-refractivity contribution in [1.82, 2.24) is 9.97 Å². The highest BCUT2D eigenvalue weighted by atomic mass is 16.6. The van der Waals surface area contributed by atoms with Gasteiger partial charge in [0.05, 0.1) is 10.5 Å². The van der Waals surface area contributed by atoms with Gasteiger partial charge in [0.1, 0.15) is 0 Å². The first-order valence-electron chi connectivity index (χ1n) is 6.33. The summed E-state index contributed by atoms with van der Waals surface area (Å²) >= 11 is 0. The Kier molecular flexibility index (Phi) is 4.76. The molecule has 1 aromatic heterocycles. The molecule has 2 N–H and O–H groups in total. The minimum atomic E-state index is -0.448. The van der Waals surface area contributed by atoms with Gasteiger partial charge >= 0.3 is 0 Å². The number of aromatic nitrogens is 2. The summed E-state index contributed by atoms with van der Waals surface area (Å²) in [6.45, 7) is 1.69. The highest BCUT2D eigenvalue weighted by molar-refractivity contribution is 5.80. The van der Waals surface area contributed by atoms with Gasteiger partial charge < -0.3 is 0 Å². The van der Waals surface area contributed by atoms with Gasteiger partial charge in [-0.15, -0.1) is 0 Å². The summed E-state index contributed by atoms with van der Waals surface area (Å²) in [5, 5.41) is 14.7. The minimum absolute atomic E-state index is 0.0183. The van der Waals surface area contributed by atoms with E-state index in [0.29, 0.717) is 11.3 Å². The lowest BCUT2D eigenvalue weighted by Crippen LogP contribution is -2.10. The van der Waals surface area contributed by atoms with Crippen LogP contribution in [0.3, 0.4) is 0 Å². The lowest BCUT2D eigenvalue weighted by Gasteiger charge is -1.98. The molecular formula is C14H13N5O3. The molecule has 2 rings (SSSR count). The average molecular weight is 299 g/mol. The van der Waals surface area contributed by atoms with Crippen LogP contribution in [0, 0.1) is 17.0 Å². The number of nitrogens with zero attached hydrogens (tertiary/aromatic N) is 3. The van der Waals surface area contributed by atoms with E-state index in [2.05, 4.69) is 20.5 Å². The van der Waals surface area contributed by atoms with E-state index in [1.54, 1.807) is 37.3 Å². The Morgan fingerprint density at radius 2 is 2.18 bits per heavy atom. The highest BCUT2D eigenvalue weighted by Crippen LogP contribution is 2.18. The predicted octanol–water partition coefficient (Wildman–Crippen LogP) is 2.10. The van der Waals surface area contributed by atoms with Crippen molar-refractivity contribution < 1.29 is 4.92 Å². The summed E-state index contributed by atoms with van der Waals surface area (Å²) in [6, 6.07) is 7.74. The maximum absolute atomic E-state index is 11.2. The van der Waals surface area contributed by atoms with E-state index in [4.69, 9.17) is 0 Å². The second kappa shape index (κ2) is 6.93. The molecule has 0 amide bonds. The number of hydrogen-bond donors (Lipinski definition) is 2. The first-order valence-corrected chi connectivity index (χ1v) is 6.33. The van der Waals surface area contributed by atoms with E-state index in [1.165, 1.54) is 18.3 Å².